The Labute approximate surface area is 156 Å². The Balaban J connectivity index is 1.83. The number of hydrazone groups is 1. The van der Waals surface area contributed by atoms with E-state index in [9.17, 15) is 9.59 Å². The maximum absolute atomic E-state index is 13.0. The minimum absolute atomic E-state index is 0.0280. The monoisotopic (exact) mass is 355 g/mol. The minimum Gasteiger partial charge on any atom is -0.338 e. The highest BCUT2D eigenvalue weighted by Crippen LogP contribution is 2.27. The molecule has 0 N–H and O–H groups in total. The van der Waals surface area contributed by atoms with Gasteiger partial charge in [-0.15, -0.1) is 0 Å². The number of nitrogens with zero attached hydrogens (tertiary/aromatic N) is 3. The van der Waals surface area contributed by atoms with Crippen LogP contribution >= 0.6 is 0 Å². The van der Waals surface area contributed by atoms with Crippen LogP contribution in [0.15, 0.2) is 23.3 Å². The molecule has 0 spiro atoms. The lowest BCUT2D eigenvalue weighted by molar-refractivity contribution is -0.125. The molecule has 0 bridgehead atoms. The second-order valence-electron chi connectivity index (χ2n) is 7.60. The van der Waals surface area contributed by atoms with E-state index in [4.69, 9.17) is 0 Å². The van der Waals surface area contributed by atoms with Crippen molar-refractivity contribution >= 4 is 23.2 Å². The average Bonchev–Trinajstić information content (AvgIpc) is 2.92. The van der Waals surface area contributed by atoms with E-state index < -0.39 is 0 Å². The molecule has 2 amide bonds. The summed E-state index contributed by atoms with van der Waals surface area (Å²) >= 11 is 0. The van der Waals surface area contributed by atoms with Gasteiger partial charge in [-0.3, -0.25) is 9.59 Å². The third-order valence-corrected chi connectivity index (χ3v) is 5.57. The first-order valence-corrected chi connectivity index (χ1v) is 9.72. The number of benzene rings is 1. The zero-order chi connectivity index (χ0) is 18.7. The highest BCUT2D eigenvalue weighted by atomic mass is 16.2. The van der Waals surface area contributed by atoms with Crippen LogP contribution in [-0.2, 0) is 9.59 Å². The summed E-state index contributed by atoms with van der Waals surface area (Å²) in [7, 11) is 1.89. The van der Waals surface area contributed by atoms with Crippen molar-refractivity contribution < 1.29 is 9.59 Å². The molecule has 1 fully saturated rings. The molecule has 5 heteroatoms. The zero-order valence-electron chi connectivity index (χ0n) is 16.1. The first-order valence-electron chi connectivity index (χ1n) is 9.72. The lowest BCUT2D eigenvalue weighted by atomic mass is 10.0. The van der Waals surface area contributed by atoms with E-state index in [1.807, 2.05) is 44.0 Å². The van der Waals surface area contributed by atoms with Gasteiger partial charge in [0.05, 0.1) is 5.69 Å². The lowest BCUT2D eigenvalue weighted by Crippen LogP contribution is -2.44. The predicted molar refractivity (Wildman–Crippen MR) is 104 cm³/mol. The molecule has 0 saturated heterocycles. The normalized spacial score (nSPS) is 19.1. The summed E-state index contributed by atoms with van der Waals surface area (Å²) in [5.41, 5.74) is 3.33. The fourth-order valence-electron chi connectivity index (χ4n) is 3.86. The van der Waals surface area contributed by atoms with E-state index in [0.717, 1.165) is 29.7 Å². The molecule has 1 aromatic rings. The van der Waals surface area contributed by atoms with E-state index in [1.54, 1.807) is 0 Å². The quantitative estimate of drug-likeness (QED) is 0.771. The van der Waals surface area contributed by atoms with E-state index in [-0.39, 0.29) is 11.8 Å². The summed E-state index contributed by atoms with van der Waals surface area (Å²) in [6, 6.07) is 6.25. The van der Waals surface area contributed by atoms with Crippen molar-refractivity contribution in [2.24, 2.45) is 5.10 Å². The fourth-order valence-corrected chi connectivity index (χ4v) is 3.86. The van der Waals surface area contributed by atoms with E-state index in [1.165, 1.54) is 30.7 Å². The van der Waals surface area contributed by atoms with Gasteiger partial charge in [0, 0.05) is 25.9 Å². The van der Waals surface area contributed by atoms with Gasteiger partial charge in [0.1, 0.15) is 5.71 Å². The molecular formula is C21H29N3O2. The first kappa shape index (κ1) is 18.6. The predicted octanol–water partition coefficient (Wildman–Crippen LogP) is 3.97. The molecule has 1 heterocycles. The number of carbonyl (C=O) groups excluding carboxylic acids is 2. The Morgan fingerprint density at radius 2 is 1.81 bits per heavy atom. The summed E-state index contributed by atoms with van der Waals surface area (Å²) in [5, 5.41) is 5.91. The molecule has 0 atom stereocenters. The first-order chi connectivity index (χ1) is 12.5. The van der Waals surface area contributed by atoms with Crippen molar-refractivity contribution in [3.05, 3.63) is 29.3 Å². The van der Waals surface area contributed by atoms with Crippen molar-refractivity contribution in [1.82, 2.24) is 4.90 Å². The van der Waals surface area contributed by atoms with Gasteiger partial charge in [-0.2, -0.15) is 5.10 Å². The van der Waals surface area contributed by atoms with Gasteiger partial charge in [0.15, 0.2) is 0 Å². The van der Waals surface area contributed by atoms with Crippen molar-refractivity contribution in [3.63, 3.8) is 0 Å². The molecular weight excluding hydrogens is 326 g/mol. The van der Waals surface area contributed by atoms with Crippen LogP contribution in [0.4, 0.5) is 5.69 Å². The molecule has 0 radical (unpaired) electrons. The Bertz CT molecular complexity index is 718. The molecule has 1 aliphatic carbocycles. The summed E-state index contributed by atoms with van der Waals surface area (Å²) in [6.07, 6.45) is 7.77. The van der Waals surface area contributed by atoms with Crippen LogP contribution in [0.25, 0.3) is 0 Å². The Kier molecular flexibility index (Phi) is 5.74. The van der Waals surface area contributed by atoms with Gasteiger partial charge in [0.25, 0.3) is 5.91 Å². The van der Waals surface area contributed by atoms with Crippen LogP contribution in [0, 0.1) is 13.8 Å². The molecule has 1 aliphatic heterocycles. The number of amides is 2. The van der Waals surface area contributed by atoms with Gasteiger partial charge in [0.2, 0.25) is 5.91 Å². The van der Waals surface area contributed by atoms with Gasteiger partial charge >= 0.3 is 0 Å². The maximum Gasteiger partial charge on any atom is 0.270 e. The molecule has 26 heavy (non-hydrogen) atoms. The average molecular weight is 355 g/mol. The minimum atomic E-state index is -0.0487. The van der Waals surface area contributed by atoms with Crippen LogP contribution in [0.5, 0.6) is 0 Å². The number of aryl methyl sites for hydroxylation is 2. The number of anilines is 1. The second-order valence-corrected chi connectivity index (χ2v) is 7.60. The molecule has 0 aromatic heterocycles. The van der Waals surface area contributed by atoms with Crippen LogP contribution in [-0.4, -0.2) is 35.5 Å². The van der Waals surface area contributed by atoms with E-state index in [2.05, 4.69) is 5.10 Å². The van der Waals surface area contributed by atoms with Gasteiger partial charge in [-0.05, 0) is 43.9 Å². The molecule has 1 aromatic carbocycles. The molecule has 140 valence electrons. The molecule has 1 saturated carbocycles. The van der Waals surface area contributed by atoms with Crippen LogP contribution in [0.3, 0.4) is 0 Å². The zero-order valence-corrected chi connectivity index (χ0v) is 16.1. The Hall–Kier alpha value is -2.17. The van der Waals surface area contributed by atoms with E-state index in [0.29, 0.717) is 24.6 Å². The van der Waals surface area contributed by atoms with Gasteiger partial charge < -0.3 is 4.90 Å². The maximum atomic E-state index is 13.0. The summed E-state index contributed by atoms with van der Waals surface area (Å²) in [4.78, 5) is 27.3. The van der Waals surface area contributed by atoms with Crippen molar-refractivity contribution in [2.45, 2.75) is 71.3 Å². The SMILES string of the molecule is Cc1ccc(C)c(N2N=C(C(=O)N(C)C3CCCCCC3)CCC2=O)c1. The second kappa shape index (κ2) is 8.02. The largest absolute Gasteiger partial charge is 0.338 e. The van der Waals surface area contributed by atoms with Crippen molar-refractivity contribution in [3.8, 4) is 0 Å². The molecule has 0 unspecified atom stereocenters. The smallest absolute Gasteiger partial charge is 0.270 e. The number of hydrogen-bond donors (Lipinski definition) is 0. The van der Waals surface area contributed by atoms with Crippen LogP contribution in [0.1, 0.15) is 62.5 Å². The van der Waals surface area contributed by atoms with Crippen molar-refractivity contribution in [1.29, 1.82) is 0 Å². The van der Waals surface area contributed by atoms with Gasteiger partial charge in [-0.1, -0.05) is 37.8 Å². The van der Waals surface area contributed by atoms with E-state index >= 15 is 0 Å². The number of carbonyl (C=O) groups is 2. The van der Waals surface area contributed by atoms with Gasteiger partial charge in [-0.25, -0.2) is 5.01 Å². The highest BCUT2D eigenvalue weighted by molar-refractivity contribution is 6.40. The van der Waals surface area contributed by atoms with Crippen molar-refractivity contribution in [2.75, 3.05) is 12.1 Å². The standard InChI is InChI=1S/C21H29N3O2/c1-15-10-11-16(2)19(14-15)24-20(25)13-12-18(22-24)21(26)23(3)17-8-6-4-5-7-9-17/h10-11,14,17H,4-9,12-13H2,1-3H3. The Morgan fingerprint density at radius 3 is 2.50 bits per heavy atom. The highest BCUT2D eigenvalue weighted by Gasteiger charge is 2.30. The fraction of sp³-hybridized carbons (Fsp3) is 0.571. The molecule has 3 rings (SSSR count). The molecule has 2 aliphatic rings. The van der Waals surface area contributed by atoms with Crippen LogP contribution in [0.2, 0.25) is 0 Å². The topological polar surface area (TPSA) is 53.0 Å². The Morgan fingerprint density at radius 1 is 1.12 bits per heavy atom. The third kappa shape index (κ3) is 3.97. The summed E-state index contributed by atoms with van der Waals surface area (Å²) in [5.74, 6) is -0.0768. The van der Waals surface area contributed by atoms with Crippen LogP contribution < -0.4 is 5.01 Å². The third-order valence-electron chi connectivity index (χ3n) is 5.57. The number of hydrogen-bond acceptors (Lipinski definition) is 3. The summed E-state index contributed by atoms with van der Waals surface area (Å²) in [6.45, 7) is 3.96. The molecule has 5 nitrogen and oxygen atoms in total. The summed E-state index contributed by atoms with van der Waals surface area (Å²) < 4.78 is 0. The lowest BCUT2D eigenvalue weighted by Gasteiger charge is -2.30. The number of rotatable bonds is 3.